The van der Waals surface area contributed by atoms with Crippen LogP contribution in [0.5, 0.6) is 5.75 Å². The third-order valence-electron chi connectivity index (χ3n) is 6.89. The summed E-state index contributed by atoms with van der Waals surface area (Å²) >= 11 is 0. The van der Waals surface area contributed by atoms with E-state index < -0.39 is 4.92 Å². The molecular weight excluding hydrogens is 358 g/mol. The Balaban J connectivity index is 1.49. The van der Waals surface area contributed by atoms with Crippen LogP contribution in [0.3, 0.4) is 0 Å². The van der Waals surface area contributed by atoms with E-state index in [0.29, 0.717) is 11.5 Å². The Bertz CT molecular complexity index is 847. The number of hydrazone groups is 1. The number of hydrogen-bond donors (Lipinski definition) is 1. The Morgan fingerprint density at radius 3 is 2.50 bits per heavy atom. The lowest BCUT2D eigenvalue weighted by atomic mass is 9.40. The fourth-order valence-electron chi connectivity index (χ4n) is 6.91. The summed E-state index contributed by atoms with van der Waals surface area (Å²) in [5, 5.41) is 15.3. The van der Waals surface area contributed by atoms with Gasteiger partial charge in [-0.15, -0.1) is 0 Å². The van der Waals surface area contributed by atoms with Crippen LogP contribution in [0.1, 0.15) is 57.9 Å². The molecule has 0 aromatic heterocycles. The summed E-state index contributed by atoms with van der Waals surface area (Å²) < 4.78 is 5.01. The zero-order chi connectivity index (χ0) is 20.2. The van der Waals surface area contributed by atoms with Crippen LogP contribution in [0.25, 0.3) is 0 Å². The lowest BCUT2D eigenvalue weighted by molar-refractivity contribution is -0.385. The van der Waals surface area contributed by atoms with Gasteiger partial charge in [-0.25, -0.2) is 5.43 Å². The first-order valence-electron chi connectivity index (χ1n) is 9.82. The van der Waals surface area contributed by atoms with Gasteiger partial charge in [0.05, 0.1) is 23.7 Å². The van der Waals surface area contributed by atoms with Crippen molar-refractivity contribution < 1.29 is 14.5 Å². The average molecular weight is 385 g/mol. The predicted octanol–water partition coefficient (Wildman–Crippen LogP) is 4.05. The molecule has 0 radical (unpaired) electrons. The number of carbonyl (C=O) groups excluding carboxylic acids is 1. The van der Waals surface area contributed by atoms with Crippen molar-refractivity contribution in [3.05, 3.63) is 33.9 Å². The molecule has 1 aromatic carbocycles. The molecule has 0 saturated heterocycles. The SMILES string of the molecule is COc1ccc(/C=N/NC(=O)C23CC4CC(C)(CC(C)(C4)C2)C3)cc1[N+](=O)[O-]. The molecule has 4 aliphatic carbocycles. The summed E-state index contributed by atoms with van der Waals surface area (Å²) in [6, 6.07) is 4.59. The van der Waals surface area contributed by atoms with Gasteiger partial charge >= 0.3 is 5.69 Å². The molecular formula is C21H27N3O4. The van der Waals surface area contributed by atoms with E-state index >= 15 is 0 Å². The van der Waals surface area contributed by atoms with E-state index in [1.165, 1.54) is 44.7 Å². The number of carbonyl (C=O) groups is 1. The summed E-state index contributed by atoms with van der Waals surface area (Å²) in [5.74, 6) is 0.819. The number of methoxy groups -OCH3 is 1. The van der Waals surface area contributed by atoms with Crippen molar-refractivity contribution in [1.29, 1.82) is 0 Å². The van der Waals surface area contributed by atoms with Gasteiger partial charge in [-0.05, 0) is 67.4 Å². The minimum atomic E-state index is -0.494. The topological polar surface area (TPSA) is 93.8 Å². The van der Waals surface area contributed by atoms with Gasteiger partial charge in [-0.3, -0.25) is 14.9 Å². The fraction of sp³-hybridized carbons (Fsp3) is 0.619. The van der Waals surface area contributed by atoms with Gasteiger partial charge in [0.2, 0.25) is 5.91 Å². The van der Waals surface area contributed by atoms with E-state index in [-0.39, 0.29) is 33.6 Å². The molecule has 0 heterocycles. The molecule has 0 spiro atoms. The van der Waals surface area contributed by atoms with Crippen LogP contribution >= 0.6 is 0 Å². The molecule has 2 unspecified atom stereocenters. The second kappa shape index (κ2) is 6.29. The molecule has 4 fully saturated rings. The minimum Gasteiger partial charge on any atom is -0.490 e. The molecule has 1 aromatic rings. The first kappa shape index (κ1) is 18.9. The van der Waals surface area contributed by atoms with E-state index in [1.807, 2.05) is 0 Å². The zero-order valence-electron chi connectivity index (χ0n) is 16.7. The molecule has 4 aliphatic rings. The molecule has 7 nitrogen and oxygen atoms in total. The Labute approximate surface area is 164 Å². The second-order valence-corrected chi connectivity index (χ2v) is 9.80. The van der Waals surface area contributed by atoms with Crippen LogP contribution < -0.4 is 10.2 Å². The van der Waals surface area contributed by atoms with Gasteiger partial charge in [0.1, 0.15) is 0 Å². The van der Waals surface area contributed by atoms with Crippen molar-refractivity contribution in [1.82, 2.24) is 5.43 Å². The minimum absolute atomic E-state index is 0.00619. The lowest BCUT2D eigenvalue weighted by Crippen LogP contribution is -2.59. The molecule has 7 heteroatoms. The van der Waals surface area contributed by atoms with Gasteiger partial charge in [0.15, 0.2) is 5.75 Å². The van der Waals surface area contributed by atoms with Crippen LogP contribution in [-0.2, 0) is 4.79 Å². The maximum atomic E-state index is 13.1. The largest absolute Gasteiger partial charge is 0.490 e. The van der Waals surface area contributed by atoms with Crippen LogP contribution in [0.15, 0.2) is 23.3 Å². The maximum absolute atomic E-state index is 13.1. The number of nitro benzene ring substituents is 1. The Morgan fingerprint density at radius 1 is 1.25 bits per heavy atom. The second-order valence-electron chi connectivity index (χ2n) is 9.80. The standard InChI is InChI=1S/C21H27N3O4/c1-19-7-15-8-20(2,11-19)13-21(9-15,12-19)18(25)23-22-10-14-4-5-17(28-3)16(6-14)24(26)27/h4-6,10,15H,7-9,11-13H2,1-3H3,(H,23,25)/b22-10+. The molecule has 28 heavy (non-hydrogen) atoms. The predicted molar refractivity (Wildman–Crippen MR) is 105 cm³/mol. The number of amides is 1. The van der Waals surface area contributed by atoms with E-state index in [1.54, 1.807) is 6.07 Å². The van der Waals surface area contributed by atoms with Gasteiger partial charge in [0, 0.05) is 11.6 Å². The van der Waals surface area contributed by atoms with Gasteiger partial charge < -0.3 is 4.74 Å². The Kier molecular flexibility index (Phi) is 4.25. The summed E-state index contributed by atoms with van der Waals surface area (Å²) in [6.07, 6.45) is 7.95. The van der Waals surface area contributed by atoms with Crippen molar-refractivity contribution in [2.45, 2.75) is 52.4 Å². The highest BCUT2D eigenvalue weighted by Gasteiger charge is 2.62. The number of benzene rings is 1. The van der Waals surface area contributed by atoms with Crippen molar-refractivity contribution in [3.63, 3.8) is 0 Å². The van der Waals surface area contributed by atoms with Gasteiger partial charge in [-0.1, -0.05) is 13.8 Å². The number of nitrogens with zero attached hydrogens (tertiary/aromatic N) is 2. The Hall–Kier alpha value is -2.44. The first-order chi connectivity index (χ1) is 13.2. The third kappa shape index (κ3) is 3.16. The lowest BCUT2D eigenvalue weighted by Gasteiger charge is -2.64. The quantitative estimate of drug-likeness (QED) is 0.470. The van der Waals surface area contributed by atoms with Crippen molar-refractivity contribution in [2.75, 3.05) is 7.11 Å². The third-order valence-corrected chi connectivity index (χ3v) is 6.89. The van der Waals surface area contributed by atoms with E-state index in [4.69, 9.17) is 4.74 Å². The van der Waals surface area contributed by atoms with Crippen molar-refractivity contribution >= 4 is 17.8 Å². The maximum Gasteiger partial charge on any atom is 0.311 e. The summed E-state index contributed by atoms with van der Waals surface area (Å²) in [5.41, 5.74) is 3.33. The molecule has 4 bridgehead atoms. The molecule has 5 rings (SSSR count). The van der Waals surface area contributed by atoms with Gasteiger partial charge in [-0.2, -0.15) is 5.10 Å². The summed E-state index contributed by atoms with van der Waals surface area (Å²) in [7, 11) is 1.39. The Morgan fingerprint density at radius 2 is 1.93 bits per heavy atom. The summed E-state index contributed by atoms with van der Waals surface area (Å²) in [4.78, 5) is 23.7. The number of rotatable bonds is 5. The molecule has 0 aliphatic heterocycles. The normalized spacial score (nSPS) is 35.9. The van der Waals surface area contributed by atoms with E-state index in [0.717, 1.165) is 19.3 Å². The van der Waals surface area contributed by atoms with E-state index in [9.17, 15) is 14.9 Å². The van der Waals surface area contributed by atoms with Crippen LogP contribution in [0.2, 0.25) is 0 Å². The van der Waals surface area contributed by atoms with Crippen molar-refractivity contribution in [2.24, 2.45) is 27.3 Å². The molecule has 2 atom stereocenters. The first-order valence-corrected chi connectivity index (χ1v) is 9.82. The van der Waals surface area contributed by atoms with Crippen LogP contribution in [-0.4, -0.2) is 24.2 Å². The monoisotopic (exact) mass is 385 g/mol. The van der Waals surface area contributed by atoms with Gasteiger partial charge in [0.25, 0.3) is 0 Å². The highest BCUT2D eigenvalue weighted by Crippen LogP contribution is 2.69. The highest BCUT2D eigenvalue weighted by molar-refractivity contribution is 5.86. The molecule has 1 amide bonds. The smallest absolute Gasteiger partial charge is 0.311 e. The summed E-state index contributed by atoms with van der Waals surface area (Å²) in [6.45, 7) is 4.66. The van der Waals surface area contributed by atoms with Crippen LogP contribution in [0.4, 0.5) is 5.69 Å². The average Bonchev–Trinajstić information content (AvgIpc) is 2.58. The van der Waals surface area contributed by atoms with E-state index in [2.05, 4.69) is 24.4 Å². The zero-order valence-corrected chi connectivity index (χ0v) is 16.7. The number of nitrogens with one attached hydrogen (secondary N) is 1. The molecule has 4 saturated carbocycles. The number of ether oxygens (including phenoxy) is 1. The highest BCUT2D eigenvalue weighted by atomic mass is 16.6. The van der Waals surface area contributed by atoms with Crippen LogP contribution in [0, 0.1) is 32.3 Å². The molecule has 150 valence electrons. The number of nitro groups is 1. The fourth-order valence-corrected chi connectivity index (χ4v) is 6.91. The molecule has 1 N–H and O–H groups in total. The number of hydrogen-bond acceptors (Lipinski definition) is 5. The van der Waals surface area contributed by atoms with Crippen molar-refractivity contribution in [3.8, 4) is 5.75 Å².